The summed E-state index contributed by atoms with van der Waals surface area (Å²) in [7, 11) is 0. The molecule has 2 N–H and O–H groups in total. The Kier molecular flexibility index (Phi) is 4.96. The second-order valence-electron chi connectivity index (χ2n) is 5.24. The third-order valence-corrected chi connectivity index (χ3v) is 4.18. The summed E-state index contributed by atoms with van der Waals surface area (Å²) in [5.41, 5.74) is -0.533. The molecule has 1 aliphatic carbocycles. The Morgan fingerprint density at radius 3 is 2.45 bits per heavy atom. The molecule has 0 aliphatic heterocycles. The first-order valence-corrected chi connectivity index (χ1v) is 7.44. The molecular weight excluding hydrogens is 335 g/mol. The van der Waals surface area contributed by atoms with E-state index in [-0.39, 0.29) is 11.8 Å². The summed E-state index contributed by atoms with van der Waals surface area (Å²) in [5, 5.41) is 12.3. The highest BCUT2D eigenvalue weighted by molar-refractivity contribution is 9.10. The molecule has 20 heavy (non-hydrogen) atoms. The van der Waals surface area contributed by atoms with Gasteiger partial charge in [0, 0.05) is 16.7 Å². The van der Waals surface area contributed by atoms with E-state index < -0.39 is 11.7 Å². The van der Waals surface area contributed by atoms with Crippen LogP contribution in [0.25, 0.3) is 0 Å². The molecule has 0 aromatic heterocycles. The van der Waals surface area contributed by atoms with Gasteiger partial charge in [-0.1, -0.05) is 15.9 Å². The number of benzene rings is 1. The predicted molar refractivity (Wildman–Crippen MR) is 75.6 cm³/mol. The van der Waals surface area contributed by atoms with Crippen molar-refractivity contribution in [3.8, 4) is 0 Å². The smallest absolute Gasteiger partial charge is 0.393 e. The molecule has 2 nitrogen and oxygen atoms in total. The van der Waals surface area contributed by atoms with Crippen LogP contribution in [-0.4, -0.2) is 17.8 Å². The zero-order valence-corrected chi connectivity index (χ0v) is 12.5. The van der Waals surface area contributed by atoms with Gasteiger partial charge in [-0.3, -0.25) is 0 Å². The van der Waals surface area contributed by atoms with Crippen molar-refractivity contribution < 1.29 is 18.3 Å². The van der Waals surface area contributed by atoms with Crippen LogP contribution in [0.1, 0.15) is 31.2 Å². The van der Waals surface area contributed by atoms with Crippen LogP contribution in [0.15, 0.2) is 22.7 Å². The number of aliphatic hydroxyl groups is 1. The number of rotatable bonds is 3. The second-order valence-corrected chi connectivity index (χ2v) is 6.16. The average molecular weight is 352 g/mol. The van der Waals surface area contributed by atoms with Gasteiger partial charge in [-0.25, -0.2) is 0 Å². The van der Waals surface area contributed by atoms with Crippen LogP contribution in [0, 0.1) is 5.92 Å². The van der Waals surface area contributed by atoms with E-state index in [2.05, 4.69) is 21.2 Å². The molecule has 0 heterocycles. The quantitative estimate of drug-likeness (QED) is 0.844. The number of aliphatic hydroxyl groups excluding tert-OH is 1. The molecule has 1 aromatic carbocycles. The number of nitrogens with one attached hydrogen (secondary N) is 1. The molecule has 1 saturated carbocycles. The number of hydrogen-bond acceptors (Lipinski definition) is 2. The Labute approximate surface area is 124 Å². The van der Waals surface area contributed by atoms with E-state index in [9.17, 15) is 18.3 Å². The fourth-order valence-corrected chi connectivity index (χ4v) is 2.87. The molecule has 112 valence electrons. The van der Waals surface area contributed by atoms with Gasteiger partial charge in [-0.05, 0) is 49.8 Å². The largest absolute Gasteiger partial charge is 0.418 e. The highest BCUT2D eigenvalue weighted by atomic mass is 79.9. The van der Waals surface area contributed by atoms with Crippen molar-refractivity contribution in [2.75, 3.05) is 11.9 Å². The molecule has 1 fully saturated rings. The molecular formula is C14H17BrF3NO. The first-order chi connectivity index (χ1) is 9.36. The standard InChI is InChI=1S/C14H17BrF3NO/c15-10-3-6-12(14(16,17)18)13(7-10)19-8-9-1-4-11(20)5-2-9/h3,6-7,9,11,19-20H,1-2,4-5,8H2. The van der Waals surface area contributed by atoms with Crippen molar-refractivity contribution in [2.24, 2.45) is 5.92 Å². The monoisotopic (exact) mass is 351 g/mol. The average Bonchev–Trinajstić information content (AvgIpc) is 2.36. The maximum atomic E-state index is 12.9. The van der Waals surface area contributed by atoms with Gasteiger partial charge in [0.2, 0.25) is 0 Å². The maximum absolute atomic E-state index is 12.9. The molecule has 0 atom stereocenters. The fourth-order valence-electron chi connectivity index (χ4n) is 2.51. The Hall–Kier alpha value is -0.750. The van der Waals surface area contributed by atoms with Crippen molar-refractivity contribution in [1.29, 1.82) is 0 Å². The predicted octanol–water partition coefficient (Wildman–Crippen LogP) is 4.43. The zero-order chi connectivity index (χ0) is 14.8. The summed E-state index contributed by atoms with van der Waals surface area (Å²) in [6.07, 6.45) is -1.44. The number of anilines is 1. The molecule has 0 radical (unpaired) electrons. The highest BCUT2D eigenvalue weighted by Gasteiger charge is 2.33. The van der Waals surface area contributed by atoms with Crippen molar-refractivity contribution in [3.63, 3.8) is 0 Å². The second kappa shape index (κ2) is 6.35. The highest BCUT2D eigenvalue weighted by Crippen LogP contribution is 2.36. The maximum Gasteiger partial charge on any atom is 0.418 e. The number of halogens is 4. The molecule has 6 heteroatoms. The van der Waals surface area contributed by atoms with Crippen LogP contribution in [0.2, 0.25) is 0 Å². The minimum atomic E-state index is -4.36. The summed E-state index contributed by atoms with van der Waals surface area (Å²) >= 11 is 3.20. The molecule has 1 aromatic rings. The van der Waals surface area contributed by atoms with Gasteiger partial charge in [-0.15, -0.1) is 0 Å². The van der Waals surface area contributed by atoms with Gasteiger partial charge in [0.15, 0.2) is 0 Å². The lowest BCUT2D eigenvalue weighted by molar-refractivity contribution is -0.137. The molecule has 0 unspecified atom stereocenters. The van der Waals surface area contributed by atoms with Gasteiger partial charge in [0.1, 0.15) is 0 Å². The van der Waals surface area contributed by atoms with E-state index in [4.69, 9.17) is 0 Å². The van der Waals surface area contributed by atoms with Gasteiger partial charge < -0.3 is 10.4 Å². The summed E-state index contributed by atoms with van der Waals surface area (Å²) in [6.45, 7) is 0.506. The van der Waals surface area contributed by atoms with E-state index in [0.29, 0.717) is 16.9 Å². The number of hydrogen-bond donors (Lipinski definition) is 2. The van der Waals surface area contributed by atoms with Crippen molar-refractivity contribution in [3.05, 3.63) is 28.2 Å². The first kappa shape index (κ1) is 15.6. The van der Waals surface area contributed by atoms with E-state index >= 15 is 0 Å². The van der Waals surface area contributed by atoms with Crippen molar-refractivity contribution in [2.45, 2.75) is 38.0 Å². The molecule has 0 bridgehead atoms. The lowest BCUT2D eigenvalue weighted by Crippen LogP contribution is -2.24. The van der Waals surface area contributed by atoms with Crippen LogP contribution in [0.5, 0.6) is 0 Å². The molecule has 1 aliphatic rings. The lowest BCUT2D eigenvalue weighted by atomic mass is 9.87. The topological polar surface area (TPSA) is 32.3 Å². The zero-order valence-electron chi connectivity index (χ0n) is 10.9. The Morgan fingerprint density at radius 2 is 1.85 bits per heavy atom. The molecule has 2 rings (SSSR count). The number of alkyl halides is 3. The van der Waals surface area contributed by atoms with Gasteiger partial charge in [0.05, 0.1) is 11.7 Å². The Bertz CT molecular complexity index is 456. The van der Waals surface area contributed by atoms with Crippen LogP contribution in [0.4, 0.5) is 18.9 Å². The van der Waals surface area contributed by atoms with Gasteiger partial charge in [-0.2, -0.15) is 13.2 Å². The third-order valence-electron chi connectivity index (χ3n) is 3.68. The fraction of sp³-hybridized carbons (Fsp3) is 0.571. The lowest BCUT2D eigenvalue weighted by Gasteiger charge is -2.26. The molecule has 0 amide bonds. The summed E-state index contributed by atoms with van der Waals surface area (Å²) in [6, 6.07) is 3.93. The summed E-state index contributed by atoms with van der Waals surface area (Å²) < 4.78 is 39.3. The summed E-state index contributed by atoms with van der Waals surface area (Å²) in [5.74, 6) is 0.318. The van der Waals surface area contributed by atoms with Gasteiger partial charge in [0.25, 0.3) is 0 Å². The van der Waals surface area contributed by atoms with Crippen LogP contribution in [0.3, 0.4) is 0 Å². The van der Waals surface area contributed by atoms with Crippen LogP contribution in [-0.2, 0) is 6.18 Å². The van der Waals surface area contributed by atoms with Gasteiger partial charge >= 0.3 is 6.18 Å². The minimum Gasteiger partial charge on any atom is -0.393 e. The van der Waals surface area contributed by atoms with Crippen LogP contribution < -0.4 is 5.32 Å². The Morgan fingerprint density at radius 1 is 1.20 bits per heavy atom. The minimum absolute atomic E-state index is 0.109. The van der Waals surface area contributed by atoms with Crippen molar-refractivity contribution in [1.82, 2.24) is 0 Å². The molecule has 0 spiro atoms. The SMILES string of the molecule is OC1CCC(CNc2cc(Br)ccc2C(F)(F)F)CC1. The summed E-state index contributed by atoms with van der Waals surface area (Å²) in [4.78, 5) is 0. The van der Waals surface area contributed by atoms with E-state index in [1.807, 2.05) is 0 Å². The van der Waals surface area contributed by atoms with E-state index in [0.717, 1.165) is 31.7 Å². The van der Waals surface area contributed by atoms with Crippen LogP contribution >= 0.6 is 15.9 Å². The third kappa shape index (κ3) is 4.12. The van der Waals surface area contributed by atoms with Crippen molar-refractivity contribution >= 4 is 21.6 Å². The first-order valence-electron chi connectivity index (χ1n) is 6.65. The normalized spacial score (nSPS) is 23.6. The Balaban J connectivity index is 2.03. The molecule has 0 saturated heterocycles. The van der Waals surface area contributed by atoms with E-state index in [1.165, 1.54) is 12.1 Å². The van der Waals surface area contributed by atoms with E-state index in [1.54, 1.807) is 0 Å².